The molecule has 2 unspecified atom stereocenters. The lowest BCUT2D eigenvalue weighted by Crippen LogP contribution is -2.61. The molecule has 1 amide bonds. The average Bonchev–Trinajstić information content (AvgIpc) is 2.71. The van der Waals surface area contributed by atoms with Crippen LogP contribution >= 0.6 is 0 Å². The van der Waals surface area contributed by atoms with E-state index in [9.17, 15) is 4.79 Å². The second-order valence-electron chi connectivity index (χ2n) is 6.97. The normalized spacial score (nSPS) is 31.3. The van der Waals surface area contributed by atoms with E-state index in [0.29, 0.717) is 12.1 Å². The van der Waals surface area contributed by atoms with Crippen LogP contribution in [0.3, 0.4) is 0 Å². The first-order chi connectivity index (χ1) is 8.30. The molecule has 104 valence electrons. The van der Waals surface area contributed by atoms with Gasteiger partial charge in [-0.25, -0.2) is 0 Å². The fourth-order valence-corrected chi connectivity index (χ4v) is 3.04. The Balaban J connectivity index is 2.06. The lowest BCUT2D eigenvalue weighted by molar-refractivity contribution is -0.140. The smallest absolute Gasteiger partial charge is 0.240 e. The van der Waals surface area contributed by atoms with Crippen LogP contribution in [-0.2, 0) is 4.79 Å². The number of nitrogens with two attached hydrogens (primary N) is 1. The largest absolute Gasteiger partial charge is 0.336 e. The van der Waals surface area contributed by atoms with Crippen LogP contribution < -0.4 is 5.73 Å². The minimum atomic E-state index is -0.395. The van der Waals surface area contributed by atoms with Crippen LogP contribution in [0.1, 0.15) is 40.5 Å². The van der Waals surface area contributed by atoms with Gasteiger partial charge < -0.3 is 10.6 Å². The van der Waals surface area contributed by atoms with Gasteiger partial charge in [-0.2, -0.15) is 0 Å². The van der Waals surface area contributed by atoms with Crippen LogP contribution in [0.15, 0.2) is 0 Å². The molecule has 0 bridgehead atoms. The molecule has 2 saturated heterocycles. The quantitative estimate of drug-likeness (QED) is 0.760. The summed E-state index contributed by atoms with van der Waals surface area (Å²) in [7, 11) is 0. The predicted octanol–water partition coefficient (Wildman–Crippen LogP) is 1.05. The van der Waals surface area contributed by atoms with Gasteiger partial charge in [0.15, 0.2) is 0 Å². The van der Waals surface area contributed by atoms with Crippen molar-refractivity contribution in [2.24, 2.45) is 11.1 Å². The summed E-state index contributed by atoms with van der Waals surface area (Å²) in [5.74, 6) is 0.126. The highest BCUT2D eigenvalue weighted by molar-refractivity contribution is 5.83. The van der Waals surface area contributed by atoms with Crippen molar-refractivity contribution in [1.29, 1.82) is 0 Å². The summed E-state index contributed by atoms with van der Waals surface area (Å²) in [5.41, 5.74) is 5.96. The molecule has 0 radical (unpaired) electrons. The maximum atomic E-state index is 12.5. The Morgan fingerprint density at radius 1 is 1.33 bits per heavy atom. The molecule has 0 aliphatic carbocycles. The standard InChI is InChI=1S/C14H27N3O/c1-10-8-16-7-5-6-11(16)9-17(10)13(18)12(15)14(2,3)4/h10-12H,5-9,15H2,1-4H3/t10?,11?,12-/m0/s1. The van der Waals surface area contributed by atoms with Gasteiger partial charge in [-0.1, -0.05) is 20.8 Å². The lowest BCUT2D eigenvalue weighted by atomic mass is 9.86. The van der Waals surface area contributed by atoms with Crippen molar-refractivity contribution in [2.75, 3.05) is 19.6 Å². The van der Waals surface area contributed by atoms with E-state index in [1.165, 1.54) is 19.4 Å². The summed E-state index contributed by atoms with van der Waals surface area (Å²) >= 11 is 0. The predicted molar refractivity (Wildman–Crippen MR) is 73.2 cm³/mol. The molecule has 2 heterocycles. The molecule has 0 saturated carbocycles. The SMILES string of the molecule is CC1CN2CCCC2CN1C(=O)[C@H](N)C(C)(C)C. The number of fused-ring (bicyclic) bond motifs is 1. The Kier molecular flexibility index (Phi) is 3.70. The van der Waals surface area contributed by atoms with E-state index in [1.807, 2.05) is 25.7 Å². The number of hydrogen-bond donors (Lipinski definition) is 1. The van der Waals surface area contributed by atoms with Crippen molar-refractivity contribution in [3.05, 3.63) is 0 Å². The zero-order valence-electron chi connectivity index (χ0n) is 12.1. The molecule has 2 rings (SSSR count). The zero-order chi connectivity index (χ0) is 13.5. The van der Waals surface area contributed by atoms with Crippen molar-refractivity contribution in [1.82, 2.24) is 9.80 Å². The summed E-state index contributed by atoms with van der Waals surface area (Å²) in [6.07, 6.45) is 2.49. The average molecular weight is 253 g/mol. The maximum absolute atomic E-state index is 12.5. The van der Waals surface area contributed by atoms with Gasteiger partial charge in [0.25, 0.3) is 0 Å². The molecular formula is C14H27N3O. The van der Waals surface area contributed by atoms with Crippen LogP contribution in [0, 0.1) is 5.41 Å². The molecule has 0 aromatic heterocycles. The summed E-state index contributed by atoms with van der Waals surface area (Å²) in [4.78, 5) is 17.1. The molecule has 4 heteroatoms. The summed E-state index contributed by atoms with van der Waals surface area (Å²) in [6.45, 7) is 11.3. The Morgan fingerprint density at radius 2 is 2.00 bits per heavy atom. The van der Waals surface area contributed by atoms with Gasteiger partial charge in [-0.15, -0.1) is 0 Å². The molecule has 2 aliphatic heterocycles. The van der Waals surface area contributed by atoms with Crippen LogP contribution in [0.2, 0.25) is 0 Å². The summed E-state index contributed by atoms with van der Waals surface area (Å²) < 4.78 is 0. The molecule has 0 aromatic rings. The number of carbonyl (C=O) groups excluding carboxylic acids is 1. The van der Waals surface area contributed by atoms with E-state index >= 15 is 0 Å². The van der Waals surface area contributed by atoms with E-state index < -0.39 is 6.04 Å². The molecular weight excluding hydrogens is 226 g/mol. The number of nitrogens with zero attached hydrogens (tertiary/aromatic N) is 2. The van der Waals surface area contributed by atoms with Gasteiger partial charge in [0.1, 0.15) is 0 Å². The molecule has 4 nitrogen and oxygen atoms in total. The van der Waals surface area contributed by atoms with Crippen molar-refractivity contribution < 1.29 is 4.79 Å². The Bertz CT molecular complexity index is 323. The van der Waals surface area contributed by atoms with Gasteiger partial charge in [0.05, 0.1) is 6.04 Å². The Labute approximate surface area is 110 Å². The van der Waals surface area contributed by atoms with Crippen molar-refractivity contribution in [3.63, 3.8) is 0 Å². The van der Waals surface area contributed by atoms with Gasteiger partial charge in [-0.05, 0) is 31.7 Å². The number of hydrogen-bond acceptors (Lipinski definition) is 3. The van der Waals surface area contributed by atoms with Gasteiger partial charge in [-0.3, -0.25) is 9.69 Å². The molecule has 18 heavy (non-hydrogen) atoms. The second kappa shape index (κ2) is 4.82. The van der Waals surface area contributed by atoms with E-state index in [4.69, 9.17) is 5.73 Å². The Hall–Kier alpha value is -0.610. The molecule has 2 fully saturated rings. The van der Waals surface area contributed by atoms with Crippen LogP contribution in [-0.4, -0.2) is 53.5 Å². The van der Waals surface area contributed by atoms with Crippen LogP contribution in [0.5, 0.6) is 0 Å². The van der Waals surface area contributed by atoms with Crippen molar-refractivity contribution in [3.8, 4) is 0 Å². The first-order valence-electron chi connectivity index (χ1n) is 7.11. The first-order valence-corrected chi connectivity index (χ1v) is 7.11. The van der Waals surface area contributed by atoms with E-state index in [-0.39, 0.29) is 11.3 Å². The minimum absolute atomic E-state index is 0.126. The van der Waals surface area contributed by atoms with Gasteiger partial charge >= 0.3 is 0 Å². The Morgan fingerprint density at radius 3 is 2.61 bits per heavy atom. The fourth-order valence-electron chi connectivity index (χ4n) is 3.04. The van der Waals surface area contributed by atoms with E-state index in [1.54, 1.807) is 0 Å². The number of piperazine rings is 1. The third-order valence-electron chi connectivity index (χ3n) is 4.42. The van der Waals surface area contributed by atoms with Crippen molar-refractivity contribution >= 4 is 5.91 Å². The highest BCUT2D eigenvalue weighted by Gasteiger charge is 2.40. The maximum Gasteiger partial charge on any atom is 0.240 e. The monoisotopic (exact) mass is 253 g/mol. The number of rotatable bonds is 1. The van der Waals surface area contributed by atoms with Gasteiger partial charge in [0, 0.05) is 25.2 Å². The zero-order valence-corrected chi connectivity index (χ0v) is 12.1. The molecule has 2 aliphatic rings. The summed E-state index contributed by atoms with van der Waals surface area (Å²) in [5, 5.41) is 0. The number of amides is 1. The third-order valence-corrected chi connectivity index (χ3v) is 4.42. The fraction of sp³-hybridized carbons (Fsp3) is 0.929. The van der Waals surface area contributed by atoms with Gasteiger partial charge in [0.2, 0.25) is 5.91 Å². The van der Waals surface area contributed by atoms with Crippen LogP contribution in [0.4, 0.5) is 0 Å². The highest BCUT2D eigenvalue weighted by atomic mass is 16.2. The van der Waals surface area contributed by atoms with E-state index in [2.05, 4.69) is 11.8 Å². The minimum Gasteiger partial charge on any atom is -0.336 e. The molecule has 2 N–H and O–H groups in total. The molecule has 0 aromatic carbocycles. The second-order valence-corrected chi connectivity index (χ2v) is 6.97. The first kappa shape index (κ1) is 13.8. The summed E-state index contributed by atoms with van der Waals surface area (Å²) in [6, 6.07) is 0.463. The number of carbonyl (C=O) groups is 1. The molecule has 3 atom stereocenters. The van der Waals surface area contributed by atoms with E-state index in [0.717, 1.165) is 13.1 Å². The van der Waals surface area contributed by atoms with Crippen LogP contribution in [0.25, 0.3) is 0 Å². The topological polar surface area (TPSA) is 49.6 Å². The highest BCUT2D eigenvalue weighted by Crippen LogP contribution is 2.27. The lowest BCUT2D eigenvalue weighted by Gasteiger charge is -2.44. The third kappa shape index (κ3) is 2.54. The van der Waals surface area contributed by atoms with Crippen molar-refractivity contribution in [2.45, 2.75) is 58.7 Å². The molecule has 0 spiro atoms.